The van der Waals surface area contributed by atoms with E-state index in [9.17, 15) is 0 Å². The van der Waals surface area contributed by atoms with Crippen LogP contribution in [0.5, 0.6) is 0 Å². The van der Waals surface area contributed by atoms with Gasteiger partial charge in [0.25, 0.3) is 0 Å². The van der Waals surface area contributed by atoms with Crippen molar-refractivity contribution in [2.75, 3.05) is 0 Å². The minimum absolute atomic E-state index is 0.0415. The van der Waals surface area contributed by atoms with Crippen LogP contribution in [0.25, 0.3) is 11.4 Å². The van der Waals surface area contributed by atoms with Gasteiger partial charge in [-0.25, -0.2) is 0 Å². The number of benzene rings is 2. The van der Waals surface area contributed by atoms with E-state index in [0.29, 0.717) is 18.3 Å². The van der Waals surface area contributed by atoms with E-state index in [2.05, 4.69) is 13.0 Å². The molecule has 39 heavy (non-hydrogen) atoms. The Kier molecular flexibility index (Phi) is 9.38. The molecule has 0 bridgehead atoms. The number of rotatable bonds is 7. The van der Waals surface area contributed by atoms with Crippen molar-refractivity contribution in [3.63, 3.8) is 0 Å². The predicted molar refractivity (Wildman–Crippen MR) is 150 cm³/mol. The van der Waals surface area contributed by atoms with Crippen LogP contribution in [0, 0.1) is 3.63 Å². The molecular weight excluding hydrogens is 760 g/mol. The second-order valence-electron chi connectivity index (χ2n) is 11.0. The van der Waals surface area contributed by atoms with Gasteiger partial charge in [-0.1, -0.05) is 0 Å². The standard InChI is InChI=1S/C27H36N2.C2H3F2.CF3.Au.BrH/c1-18(2)22-11-9-12-23(19(3)4)26(22)28-15-16-29(17-28)27-24(20(5)6)13-10-14-25(27)21(7)8;1-2(3)4;2-1(3)4;;/h9-16,18-21H,1-8H3;1H3;;;1H/q;;;+1;/p-1. The molecule has 9 heteroatoms. The third-order valence-corrected chi connectivity index (χ3v) is 20.8. The Balaban J connectivity index is 2.82. The zero-order valence-corrected chi connectivity index (χ0v) is 27.6. The van der Waals surface area contributed by atoms with Crippen molar-refractivity contribution in [3.05, 3.63) is 74.7 Å². The van der Waals surface area contributed by atoms with E-state index >= 15 is 22.0 Å². The molecule has 1 unspecified atom stereocenters. The maximum atomic E-state index is 15.5. The summed E-state index contributed by atoms with van der Waals surface area (Å²) in [6.07, 6.45) is 3.08. The Morgan fingerprint density at radius 3 is 1.10 bits per heavy atom. The SMILES string of the molecule is CC(C)c1cccc(C(C)C)c1-n1ccn(-c2c(C(C)C)cccc2C(C)C)[c]1=[Au]([Br])([C](C)(F)F)[C](F)(F)F. The van der Waals surface area contributed by atoms with Gasteiger partial charge in [0.1, 0.15) is 0 Å². The van der Waals surface area contributed by atoms with Crippen LogP contribution in [-0.2, 0) is 14.5 Å². The van der Waals surface area contributed by atoms with E-state index in [1.165, 1.54) is 9.13 Å². The molecule has 2 nitrogen and oxygen atoms in total. The number of hydrogen-bond donors (Lipinski definition) is 0. The van der Waals surface area contributed by atoms with Gasteiger partial charge in [0.05, 0.1) is 0 Å². The third-order valence-electron chi connectivity index (χ3n) is 6.68. The maximum absolute atomic E-state index is 15.5. The van der Waals surface area contributed by atoms with Gasteiger partial charge >= 0.3 is 239 Å². The van der Waals surface area contributed by atoms with Crippen LogP contribution < -0.4 is 0 Å². The Morgan fingerprint density at radius 1 is 0.615 bits per heavy atom. The second-order valence-corrected chi connectivity index (χ2v) is 23.8. The van der Waals surface area contributed by atoms with Crippen LogP contribution in [0.1, 0.15) is 108 Å². The third kappa shape index (κ3) is 5.68. The first-order valence-electron chi connectivity index (χ1n) is 13.0. The number of aromatic nitrogens is 2. The van der Waals surface area contributed by atoms with Crippen LogP contribution in [0.3, 0.4) is 0 Å². The van der Waals surface area contributed by atoms with Gasteiger partial charge in [-0.05, 0) is 0 Å². The molecule has 3 rings (SSSR count). The van der Waals surface area contributed by atoms with Gasteiger partial charge in [0.15, 0.2) is 0 Å². The fourth-order valence-electron chi connectivity index (χ4n) is 4.80. The Labute approximate surface area is 238 Å². The van der Waals surface area contributed by atoms with Crippen molar-refractivity contribution in [2.45, 2.75) is 94.5 Å². The quantitative estimate of drug-likeness (QED) is 0.166. The summed E-state index contributed by atoms with van der Waals surface area (Å²) in [6.45, 7) is 16.1. The Bertz CT molecular complexity index is 1270. The molecular formula is C30H39AuBrF5N2. The van der Waals surface area contributed by atoms with Gasteiger partial charge in [0, 0.05) is 0 Å². The van der Waals surface area contributed by atoms with E-state index in [1.54, 1.807) is 12.4 Å². The average molecular weight is 800 g/mol. The van der Waals surface area contributed by atoms with Crippen LogP contribution in [-0.4, -0.2) is 17.7 Å². The first kappa shape index (κ1) is 32.0. The molecule has 0 saturated carbocycles. The Hall–Kier alpha value is -1.48. The van der Waals surface area contributed by atoms with Gasteiger partial charge in [-0.3, -0.25) is 0 Å². The van der Waals surface area contributed by atoms with Crippen molar-refractivity contribution >= 4 is 13.0 Å². The summed E-state index contributed by atoms with van der Waals surface area (Å²) < 4.78 is 69.6. The molecule has 0 amide bonds. The van der Waals surface area contributed by atoms with E-state index < -0.39 is 26.7 Å². The molecule has 0 fully saturated rings. The molecule has 0 aliphatic carbocycles. The zero-order chi connectivity index (χ0) is 29.7. The van der Waals surface area contributed by atoms with Crippen LogP contribution in [0.15, 0.2) is 48.8 Å². The molecule has 2 aromatic carbocycles. The molecule has 0 spiro atoms. The number of halogens is 6. The molecule has 0 aliphatic heterocycles. The van der Waals surface area contributed by atoms with Crippen LogP contribution in [0.2, 0.25) is 0 Å². The first-order valence-corrected chi connectivity index (χ1v) is 21.0. The number of para-hydroxylation sites is 2. The molecule has 1 atom stereocenters. The van der Waals surface area contributed by atoms with E-state index in [-0.39, 0.29) is 23.7 Å². The first-order chi connectivity index (χ1) is 17.9. The predicted octanol–water partition coefficient (Wildman–Crippen LogP) is 10.9. The molecule has 0 aliphatic rings. The van der Waals surface area contributed by atoms with Gasteiger partial charge in [-0.15, -0.1) is 0 Å². The number of alkyl halides is 5. The summed E-state index contributed by atoms with van der Waals surface area (Å²) in [5.41, 5.74) is 4.32. The van der Waals surface area contributed by atoms with Crippen LogP contribution >= 0.6 is 13.0 Å². The second kappa shape index (κ2) is 11.4. The van der Waals surface area contributed by atoms with E-state index in [4.69, 9.17) is 0 Å². The molecule has 0 saturated heterocycles. The topological polar surface area (TPSA) is 9.86 Å². The molecule has 222 valence electrons. The van der Waals surface area contributed by atoms with E-state index in [0.717, 1.165) is 22.3 Å². The summed E-state index contributed by atoms with van der Waals surface area (Å²) in [7, 11) is 0. The van der Waals surface area contributed by atoms with E-state index in [1.807, 2.05) is 91.8 Å². The minimum atomic E-state index is -6.27. The zero-order valence-electron chi connectivity index (χ0n) is 23.9. The monoisotopic (exact) mass is 798 g/mol. The number of hydrogen-bond acceptors (Lipinski definition) is 0. The van der Waals surface area contributed by atoms with Crippen molar-refractivity contribution in [3.8, 4) is 11.4 Å². The molecule has 1 aromatic heterocycles. The van der Waals surface area contributed by atoms with Crippen molar-refractivity contribution < 1.29 is 36.5 Å². The summed E-state index contributed by atoms with van der Waals surface area (Å²) in [5, 5.41) is 0. The summed E-state index contributed by atoms with van der Waals surface area (Å²) in [4.78, 5) is 0. The van der Waals surface area contributed by atoms with Gasteiger partial charge in [0.2, 0.25) is 0 Å². The number of imidazole rings is 1. The normalized spacial score (nSPS) is 15.5. The Morgan fingerprint density at radius 2 is 0.897 bits per heavy atom. The molecule has 1 heterocycles. The average Bonchev–Trinajstić information content (AvgIpc) is 3.25. The summed E-state index contributed by atoms with van der Waals surface area (Å²) in [6, 6.07) is 11.3. The van der Waals surface area contributed by atoms with Crippen molar-refractivity contribution in [2.24, 2.45) is 0 Å². The fraction of sp³-hybridized carbons (Fsp3) is 0.500. The fourth-order valence-corrected chi connectivity index (χ4v) is 11.4. The van der Waals surface area contributed by atoms with Crippen LogP contribution in [0.4, 0.5) is 22.0 Å². The number of nitrogens with zero attached hydrogens (tertiary/aromatic N) is 2. The molecule has 0 N–H and O–H groups in total. The molecule has 0 radical (unpaired) electrons. The summed E-state index contributed by atoms with van der Waals surface area (Å²) >= 11 is -3.46. The van der Waals surface area contributed by atoms with Crippen molar-refractivity contribution in [1.82, 2.24) is 9.13 Å². The molecule has 3 aromatic rings. The van der Waals surface area contributed by atoms with Gasteiger partial charge in [-0.2, -0.15) is 0 Å². The van der Waals surface area contributed by atoms with Gasteiger partial charge < -0.3 is 0 Å². The summed E-state index contributed by atoms with van der Waals surface area (Å²) in [5.74, 6) is -0.166. The van der Waals surface area contributed by atoms with Crippen molar-refractivity contribution in [1.29, 1.82) is 0 Å².